The Labute approximate surface area is 206 Å². The second kappa shape index (κ2) is 7.88. The van der Waals surface area contributed by atoms with E-state index in [1.54, 1.807) is 29.5 Å². The zero-order valence-corrected chi connectivity index (χ0v) is 19.8. The molecule has 0 N–H and O–H groups in total. The molecule has 0 amide bonds. The summed E-state index contributed by atoms with van der Waals surface area (Å²) in [4.78, 5) is 14.3. The molecule has 0 saturated carbocycles. The van der Waals surface area contributed by atoms with E-state index in [9.17, 15) is 0 Å². The van der Waals surface area contributed by atoms with Crippen LogP contribution >= 0.6 is 0 Å². The Bertz CT molecular complexity index is 1900. The molecule has 7 nitrogen and oxygen atoms in total. The molecule has 0 radical (unpaired) electrons. The molecule has 0 saturated heterocycles. The summed E-state index contributed by atoms with van der Waals surface area (Å²) in [7, 11) is 0. The van der Waals surface area contributed by atoms with Crippen molar-refractivity contribution in [3.8, 4) is 17.2 Å². The molecule has 5 aromatic heterocycles. The van der Waals surface area contributed by atoms with E-state index >= 15 is 0 Å². The van der Waals surface area contributed by atoms with E-state index < -0.39 is 0 Å². The Kier molecular flexibility index (Phi) is 4.51. The van der Waals surface area contributed by atoms with Crippen molar-refractivity contribution in [2.75, 3.05) is 0 Å². The highest BCUT2D eigenvalue weighted by atomic mass is 16.5. The highest BCUT2D eigenvalue weighted by Gasteiger charge is 2.18. The van der Waals surface area contributed by atoms with Gasteiger partial charge < -0.3 is 4.74 Å². The number of fused-ring (bicyclic) bond motifs is 8. The first kappa shape index (κ1) is 20.6. The fraction of sp³-hybridized carbons (Fsp3) is 0.103. The first-order chi connectivity index (χ1) is 17.7. The van der Waals surface area contributed by atoms with E-state index in [4.69, 9.17) is 14.7 Å². The van der Waals surface area contributed by atoms with Crippen molar-refractivity contribution in [1.29, 1.82) is 0 Å². The molecule has 0 aliphatic heterocycles. The minimum Gasteiger partial charge on any atom is -0.454 e. The molecule has 0 aliphatic rings. The maximum atomic E-state index is 6.23. The van der Waals surface area contributed by atoms with Crippen LogP contribution in [0.5, 0.6) is 11.5 Å². The second-order valence-electron chi connectivity index (χ2n) is 9.15. The van der Waals surface area contributed by atoms with Gasteiger partial charge in [-0.2, -0.15) is 5.10 Å². The summed E-state index contributed by atoms with van der Waals surface area (Å²) in [6.45, 7) is 4.43. The van der Waals surface area contributed by atoms with E-state index in [-0.39, 0.29) is 0 Å². The summed E-state index contributed by atoms with van der Waals surface area (Å²) in [6.07, 6.45) is 8.82. The lowest BCUT2D eigenvalue weighted by atomic mass is 9.96. The number of pyridine rings is 3. The smallest absolute Gasteiger partial charge is 0.148 e. The fourth-order valence-electron chi connectivity index (χ4n) is 4.95. The third kappa shape index (κ3) is 3.13. The van der Waals surface area contributed by atoms with Gasteiger partial charge in [0, 0.05) is 29.2 Å². The summed E-state index contributed by atoms with van der Waals surface area (Å²) in [6, 6.07) is 20.5. The lowest BCUT2D eigenvalue weighted by molar-refractivity contribution is 0.478. The molecule has 174 valence electrons. The van der Waals surface area contributed by atoms with Crippen molar-refractivity contribution in [2.45, 2.75) is 19.8 Å². The van der Waals surface area contributed by atoms with Crippen LogP contribution in [-0.2, 0) is 0 Å². The average Bonchev–Trinajstić information content (AvgIpc) is 3.57. The summed E-state index contributed by atoms with van der Waals surface area (Å²) >= 11 is 0. The van der Waals surface area contributed by atoms with Crippen LogP contribution < -0.4 is 4.74 Å². The van der Waals surface area contributed by atoms with Gasteiger partial charge in [-0.15, -0.1) is 0 Å². The molecule has 0 aliphatic carbocycles. The number of para-hydroxylation sites is 2. The van der Waals surface area contributed by atoms with Crippen LogP contribution in [0.3, 0.4) is 0 Å². The van der Waals surface area contributed by atoms with Crippen molar-refractivity contribution < 1.29 is 4.74 Å². The van der Waals surface area contributed by atoms with Crippen LogP contribution in [0.15, 0.2) is 91.6 Å². The van der Waals surface area contributed by atoms with Crippen LogP contribution in [0.2, 0.25) is 0 Å². The molecule has 2 aromatic carbocycles. The lowest BCUT2D eigenvalue weighted by Gasteiger charge is -2.15. The zero-order chi connectivity index (χ0) is 24.2. The van der Waals surface area contributed by atoms with Gasteiger partial charge in [0.25, 0.3) is 0 Å². The minimum atomic E-state index is 0.345. The van der Waals surface area contributed by atoms with Gasteiger partial charge in [0.15, 0.2) is 0 Å². The quantitative estimate of drug-likeness (QED) is 0.268. The molecule has 7 heteroatoms. The number of rotatable bonds is 4. The van der Waals surface area contributed by atoms with Crippen LogP contribution in [0, 0.1) is 0 Å². The number of hydrogen-bond donors (Lipinski definition) is 0. The minimum absolute atomic E-state index is 0.345. The second-order valence-corrected chi connectivity index (χ2v) is 9.15. The Balaban J connectivity index is 1.48. The molecule has 0 unspecified atom stereocenters. The molecule has 7 rings (SSSR count). The van der Waals surface area contributed by atoms with Crippen molar-refractivity contribution in [3.63, 3.8) is 0 Å². The molecular weight excluding hydrogens is 448 g/mol. The van der Waals surface area contributed by atoms with Gasteiger partial charge in [0.05, 0.1) is 46.3 Å². The van der Waals surface area contributed by atoms with Crippen LogP contribution in [-0.4, -0.2) is 29.1 Å². The molecular formula is C29H22N6O. The van der Waals surface area contributed by atoms with Gasteiger partial charge in [0.1, 0.15) is 17.1 Å². The van der Waals surface area contributed by atoms with Crippen LogP contribution in [0.4, 0.5) is 0 Å². The van der Waals surface area contributed by atoms with Crippen molar-refractivity contribution in [2.24, 2.45) is 0 Å². The molecule has 5 heterocycles. The summed E-state index contributed by atoms with van der Waals surface area (Å²) in [5, 5.41) is 6.37. The van der Waals surface area contributed by atoms with Gasteiger partial charge >= 0.3 is 0 Å². The predicted molar refractivity (Wildman–Crippen MR) is 141 cm³/mol. The third-order valence-corrected chi connectivity index (χ3v) is 6.54. The Morgan fingerprint density at radius 3 is 2.58 bits per heavy atom. The number of imidazole rings is 1. The largest absolute Gasteiger partial charge is 0.454 e. The van der Waals surface area contributed by atoms with Gasteiger partial charge in [-0.25, -0.2) is 9.67 Å². The highest BCUT2D eigenvalue weighted by molar-refractivity contribution is 6.13. The van der Waals surface area contributed by atoms with Crippen molar-refractivity contribution >= 4 is 38.5 Å². The molecule has 0 bridgehead atoms. The first-order valence-electron chi connectivity index (χ1n) is 11.9. The topological polar surface area (TPSA) is 70.1 Å². The summed E-state index contributed by atoms with van der Waals surface area (Å²) in [5.41, 5.74) is 6.99. The summed E-state index contributed by atoms with van der Waals surface area (Å²) in [5.74, 6) is 1.58. The molecule has 0 spiro atoms. The first-order valence-corrected chi connectivity index (χ1v) is 11.9. The van der Waals surface area contributed by atoms with Gasteiger partial charge in [-0.3, -0.25) is 14.4 Å². The number of ether oxygens (including phenoxy) is 1. The predicted octanol–water partition coefficient (Wildman–Crippen LogP) is 6.69. The Morgan fingerprint density at radius 2 is 1.72 bits per heavy atom. The van der Waals surface area contributed by atoms with Crippen LogP contribution in [0.25, 0.3) is 44.2 Å². The van der Waals surface area contributed by atoms with E-state index in [0.29, 0.717) is 17.4 Å². The molecule has 0 atom stereocenters. The Morgan fingerprint density at radius 1 is 0.861 bits per heavy atom. The van der Waals surface area contributed by atoms with E-state index in [2.05, 4.69) is 58.7 Å². The monoisotopic (exact) mass is 470 g/mol. The third-order valence-electron chi connectivity index (χ3n) is 6.54. The van der Waals surface area contributed by atoms with E-state index in [1.165, 1.54) is 5.56 Å². The fourth-order valence-corrected chi connectivity index (χ4v) is 4.95. The van der Waals surface area contributed by atoms with Gasteiger partial charge in [-0.1, -0.05) is 38.1 Å². The number of aromatic nitrogens is 6. The van der Waals surface area contributed by atoms with E-state index in [0.717, 1.165) is 44.2 Å². The van der Waals surface area contributed by atoms with E-state index in [1.807, 2.05) is 36.5 Å². The standard InChI is InChI=1S/C29H22N6O/c1-18(2)22-7-5-10-26-27(22)28-23(29-33-24-8-3-4-9-25(24)35(26)29)14-21(17-31-28)36-20-13-19(15-30-16-20)34-12-6-11-32-34/h3-18H,1-2H3. The van der Waals surface area contributed by atoms with Crippen molar-refractivity contribution in [1.82, 2.24) is 29.1 Å². The molecule has 0 fully saturated rings. The van der Waals surface area contributed by atoms with Gasteiger partial charge in [-0.05, 0) is 41.8 Å². The average molecular weight is 471 g/mol. The molecule has 36 heavy (non-hydrogen) atoms. The molecule has 7 aromatic rings. The lowest BCUT2D eigenvalue weighted by Crippen LogP contribution is -1.99. The highest BCUT2D eigenvalue weighted by Crippen LogP contribution is 2.37. The Hall–Kier alpha value is -4.78. The number of nitrogens with zero attached hydrogens (tertiary/aromatic N) is 6. The summed E-state index contributed by atoms with van der Waals surface area (Å²) < 4.78 is 10.2. The maximum absolute atomic E-state index is 6.23. The van der Waals surface area contributed by atoms with Crippen LogP contribution in [0.1, 0.15) is 25.3 Å². The maximum Gasteiger partial charge on any atom is 0.148 e. The number of benzene rings is 2. The SMILES string of the molecule is CC(C)c1cccc2c1c1ncc(Oc3cncc(-n4cccn4)c3)cc1c1nc3ccccc3n21. The van der Waals surface area contributed by atoms with Crippen molar-refractivity contribution in [3.05, 3.63) is 97.2 Å². The normalized spacial score (nSPS) is 11.9. The number of hydrogen-bond acceptors (Lipinski definition) is 5. The van der Waals surface area contributed by atoms with Gasteiger partial charge in [0.2, 0.25) is 0 Å². The zero-order valence-electron chi connectivity index (χ0n) is 19.8.